The number of carbonyl (C=O) groups is 2. The van der Waals surface area contributed by atoms with Crippen LogP contribution in [0.2, 0.25) is 0 Å². The first-order valence-corrected chi connectivity index (χ1v) is 18.0. The molecule has 0 fully saturated rings. The van der Waals surface area contributed by atoms with Crippen LogP contribution in [0.3, 0.4) is 0 Å². The van der Waals surface area contributed by atoms with Crippen molar-refractivity contribution in [2.75, 3.05) is 35.3 Å². The fourth-order valence-electron chi connectivity index (χ4n) is 6.66. The van der Waals surface area contributed by atoms with E-state index in [0.29, 0.717) is 46.5 Å². The Labute approximate surface area is 317 Å². The van der Waals surface area contributed by atoms with Gasteiger partial charge in [0.25, 0.3) is 0 Å². The first-order valence-electron chi connectivity index (χ1n) is 18.0. The predicted octanol–water partition coefficient (Wildman–Crippen LogP) is 7.05. The summed E-state index contributed by atoms with van der Waals surface area (Å²) in [6.45, 7) is 0.400. The molecule has 0 radical (unpaired) electrons. The molecule has 3 amide bonds. The number of hydrogen-bond acceptors (Lipinski definition) is 10. The van der Waals surface area contributed by atoms with Gasteiger partial charge in [-0.2, -0.15) is 0 Å². The molecule has 2 aliphatic heterocycles. The number of aliphatic hydroxyl groups excluding tert-OH is 2. The summed E-state index contributed by atoms with van der Waals surface area (Å²) in [5.74, 6) is 3.06. The molecule has 0 saturated carbocycles. The van der Waals surface area contributed by atoms with E-state index >= 15 is 0 Å². The topological polar surface area (TPSA) is 183 Å². The highest BCUT2D eigenvalue weighted by Crippen LogP contribution is 2.36. The second kappa shape index (κ2) is 17.1. The van der Waals surface area contributed by atoms with Crippen molar-refractivity contribution in [1.29, 1.82) is 0 Å². The first-order chi connectivity index (χ1) is 26.8. The number of hydrogen-bond donors (Lipinski definition) is 6. The SMILES string of the molecule is Nc1cccc2c1CC(O)CC2.O=C(Nc1ccc2c(c1)OCO2)Nc1cccc2c1CC(O)CC2.O=C(Nc1ccc2c(c1)OCO2)Oc1ccccc1. The van der Waals surface area contributed by atoms with E-state index in [-0.39, 0.29) is 31.8 Å². The van der Waals surface area contributed by atoms with E-state index in [9.17, 15) is 19.8 Å². The smallest absolute Gasteiger partial charge is 0.417 e. The Bertz CT molecular complexity index is 2150. The molecule has 0 aromatic heterocycles. The van der Waals surface area contributed by atoms with Crippen molar-refractivity contribution in [3.05, 3.63) is 125 Å². The van der Waals surface area contributed by atoms with E-state index in [1.807, 2.05) is 36.4 Å². The lowest BCUT2D eigenvalue weighted by molar-refractivity contribution is 0.158. The Morgan fingerprint density at radius 3 is 1.84 bits per heavy atom. The normalized spacial score (nSPS) is 16.8. The van der Waals surface area contributed by atoms with Crippen molar-refractivity contribution in [2.24, 2.45) is 0 Å². The third-order valence-corrected chi connectivity index (χ3v) is 9.41. The molecule has 5 aromatic carbocycles. The number of amides is 3. The van der Waals surface area contributed by atoms with E-state index in [0.717, 1.165) is 54.6 Å². The maximum atomic E-state index is 12.3. The third-order valence-electron chi connectivity index (χ3n) is 9.41. The lowest BCUT2D eigenvalue weighted by Gasteiger charge is -2.23. The molecule has 284 valence electrons. The maximum absolute atomic E-state index is 12.3. The summed E-state index contributed by atoms with van der Waals surface area (Å²) in [7, 11) is 0. The highest BCUT2D eigenvalue weighted by Gasteiger charge is 2.21. The average Bonchev–Trinajstić information content (AvgIpc) is 3.86. The van der Waals surface area contributed by atoms with Crippen molar-refractivity contribution in [1.82, 2.24) is 0 Å². The van der Waals surface area contributed by atoms with Crippen molar-refractivity contribution in [2.45, 2.75) is 50.7 Å². The molecule has 0 spiro atoms. The maximum Gasteiger partial charge on any atom is 0.417 e. The van der Waals surface area contributed by atoms with E-state index in [1.54, 1.807) is 60.7 Å². The number of carbonyl (C=O) groups excluding carboxylic acids is 2. The second-order valence-corrected chi connectivity index (χ2v) is 13.3. The standard InChI is InChI=1S/C18H18N2O4.C14H11NO4.C10H13NO/c21-13-6-4-11-2-1-3-15(14(11)9-13)20-18(22)19-12-5-7-16-17(8-12)24-10-23-16;16-14(19-11-4-2-1-3-5-11)15-10-6-7-12-13(8-10)18-9-17-12;11-10-3-1-2-7-4-5-8(12)6-9(7)10/h1-3,5,7-8,13,21H,4,6,9-10H2,(H2,19,20,22);1-8H,9H2,(H,15,16);1-3,8,12H,4-6,11H2. The van der Waals surface area contributed by atoms with Crippen LogP contribution in [-0.4, -0.2) is 48.1 Å². The Morgan fingerprint density at radius 1 is 0.618 bits per heavy atom. The molecule has 2 heterocycles. The van der Waals surface area contributed by atoms with Crippen molar-refractivity contribution in [3.63, 3.8) is 0 Å². The number of rotatable bonds is 4. The molecule has 2 unspecified atom stereocenters. The van der Waals surface area contributed by atoms with Gasteiger partial charge in [0.15, 0.2) is 23.0 Å². The lowest BCUT2D eigenvalue weighted by Crippen LogP contribution is -2.24. The number of nitrogens with two attached hydrogens (primary N) is 1. The Balaban J connectivity index is 0.000000134. The number of benzene rings is 5. The van der Waals surface area contributed by atoms with Gasteiger partial charge in [-0.15, -0.1) is 0 Å². The van der Waals surface area contributed by atoms with Gasteiger partial charge in [0.1, 0.15) is 5.75 Å². The summed E-state index contributed by atoms with van der Waals surface area (Å²) in [4.78, 5) is 24.0. The molecule has 0 bridgehead atoms. The van der Waals surface area contributed by atoms with Gasteiger partial charge < -0.3 is 50.3 Å². The minimum Gasteiger partial charge on any atom is -0.454 e. The molecule has 9 rings (SSSR count). The van der Waals surface area contributed by atoms with Crippen LogP contribution in [0.15, 0.2) is 103 Å². The highest BCUT2D eigenvalue weighted by atomic mass is 16.7. The summed E-state index contributed by atoms with van der Waals surface area (Å²) in [5.41, 5.74) is 13.2. The zero-order chi connectivity index (χ0) is 38.1. The molecular formula is C42H42N4O9. The number of aliphatic hydroxyl groups is 2. The molecule has 0 saturated heterocycles. The minimum absolute atomic E-state index is 0.192. The van der Waals surface area contributed by atoms with Gasteiger partial charge >= 0.3 is 12.1 Å². The minimum atomic E-state index is -0.551. The van der Waals surface area contributed by atoms with Crippen LogP contribution < -0.4 is 45.4 Å². The van der Waals surface area contributed by atoms with Crippen LogP contribution >= 0.6 is 0 Å². The van der Waals surface area contributed by atoms with Gasteiger partial charge in [-0.05, 0) is 96.5 Å². The Hall–Kier alpha value is -6.44. The summed E-state index contributed by atoms with van der Waals surface area (Å²) < 4.78 is 26.1. The Morgan fingerprint density at radius 2 is 1.18 bits per heavy atom. The van der Waals surface area contributed by atoms with E-state index in [4.69, 9.17) is 29.4 Å². The van der Waals surface area contributed by atoms with Gasteiger partial charge in [0, 0.05) is 47.7 Å². The molecule has 13 nitrogen and oxygen atoms in total. The number of nitrogens with one attached hydrogen (secondary N) is 3. The van der Waals surface area contributed by atoms with E-state index in [2.05, 4.69) is 22.0 Å². The van der Waals surface area contributed by atoms with Crippen LogP contribution in [0.5, 0.6) is 28.7 Å². The number of para-hydroxylation sites is 1. The van der Waals surface area contributed by atoms with E-state index < -0.39 is 6.09 Å². The number of ether oxygens (including phenoxy) is 5. The van der Waals surface area contributed by atoms with Crippen LogP contribution in [0, 0.1) is 0 Å². The van der Waals surface area contributed by atoms with Gasteiger partial charge in [-0.1, -0.05) is 42.5 Å². The quantitative estimate of drug-likeness (QED) is 0.104. The summed E-state index contributed by atoms with van der Waals surface area (Å²) >= 11 is 0. The molecule has 5 aromatic rings. The zero-order valence-corrected chi connectivity index (χ0v) is 30.0. The largest absolute Gasteiger partial charge is 0.454 e. The Kier molecular flexibility index (Phi) is 11.5. The van der Waals surface area contributed by atoms with Gasteiger partial charge in [-0.3, -0.25) is 5.32 Å². The lowest BCUT2D eigenvalue weighted by atomic mass is 9.88. The molecule has 7 N–H and O–H groups in total. The van der Waals surface area contributed by atoms with Crippen molar-refractivity contribution < 1.29 is 43.5 Å². The number of anilines is 4. The number of aryl methyl sites for hydroxylation is 2. The first kappa shape index (κ1) is 36.9. The van der Waals surface area contributed by atoms with Gasteiger partial charge in [0.05, 0.1) is 12.2 Å². The molecule has 13 heteroatoms. The van der Waals surface area contributed by atoms with Crippen LogP contribution in [0.25, 0.3) is 0 Å². The van der Waals surface area contributed by atoms with Crippen LogP contribution in [-0.2, 0) is 25.7 Å². The summed E-state index contributed by atoms with van der Waals surface area (Å²) in [6, 6.07) is 30.7. The third kappa shape index (κ3) is 9.57. The number of urea groups is 1. The average molecular weight is 747 g/mol. The molecular weight excluding hydrogens is 704 g/mol. The molecule has 2 atom stereocenters. The number of nitrogen functional groups attached to an aromatic ring is 1. The second-order valence-electron chi connectivity index (χ2n) is 13.3. The monoisotopic (exact) mass is 746 g/mol. The molecule has 55 heavy (non-hydrogen) atoms. The van der Waals surface area contributed by atoms with Gasteiger partial charge in [0.2, 0.25) is 13.6 Å². The summed E-state index contributed by atoms with van der Waals surface area (Å²) in [6.07, 6.45) is 3.62. The van der Waals surface area contributed by atoms with Crippen molar-refractivity contribution >= 4 is 34.9 Å². The fraction of sp³-hybridized carbons (Fsp3) is 0.238. The highest BCUT2D eigenvalue weighted by molar-refractivity contribution is 6.00. The fourth-order valence-corrected chi connectivity index (χ4v) is 6.66. The summed E-state index contributed by atoms with van der Waals surface area (Å²) in [5, 5.41) is 27.6. The van der Waals surface area contributed by atoms with Crippen LogP contribution in [0.4, 0.5) is 32.3 Å². The van der Waals surface area contributed by atoms with Crippen molar-refractivity contribution in [3.8, 4) is 28.7 Å². The van der Waals surface area contributed by atoms with E-state index in [1.165, 1.54) is 11.1 Å². The molecule has 4 aliphatic rings. The zero-order valence-electron chi connectivity index (χ0n) is 30.0. The van der Waals surface area contributed by atoms with Gasteiger partial charge in [-0.25, -0.2) is 9.59 Å². The number of fused-ring (bicyclic) bond motifs is 4. The van der Waals surface area contributed by atoms with Crippen LogP contribution in [0.1, 0.15) is 35.1 Å². The predicted molar refractivity (Wildman–Crippen MR) is 207 cm³/mol. The molecule has 2 aliphatic carbocycles.